The lowest BCUT2D eigenvalue weighted by Crippen LogP contribution is -2.46. The molecular weight excluding hydrogens is 498 g/mol. The van der Waals surface area contributed by atoms with Crippen molar-refractivity contribution < 1.29 is 28.5 Å². The SMILES string of the molecule is CC1=C(OC(=O)OC(C)(C)C)C=CC(C)(OCC2(NC(=O)OCc3ccccc3)CC2)C1n1ccc(C#N)c1. The third-order valence-electron chi connectivity index (χ3n) is 6.72. The highest BCUT2D eigenvalue weighted by molar-refractivity contribution is 5.69. The maximum Gasteiger partial charge on any atom is 0.514 e. The van der Waals surface area contributed by atoms with Crippen LogP contribution in [0, 0.1) is 11.3 Å². The van der Waals surface area contributed by atoms with Gasteiger partial charge in [-0.3, -0.25) is 0 Å². The summed E-state index contributed by atoms with van der Waals surface area (Å²) in [6, 6.07) is 12.9. The Bertz CT molecular complexity index is 1310. The van der Waals surface area contributed by atoms with Crippen molar-refractivity contribution >= 4 is 12.2 Å². The number of alkyl carbamates (subject to hydrolysis) is 1. The number of benzene rings is 1. The standard InChI is InChI=1S/C30H35N3O6/c1-21-24(38-27(35)39-28(2,3)4)11-13-29(5,25(21)33-16-12-23(17-31)18-33)37-20-30(14-15-30)32-26(34)36-19-22-9-7-6-8-10-22/h6-13,16,18,25H,14-15,19-20H2,1-5H3,(H,32,34). The third-order valence-corrected chi connectivity index (χ3v) is 6.72. The maximum absolute atomic E-state index is 12.5. The molecule has 206 valence electrons. The second kappa shape index (κ2) is 11.0. The Balaban J connectivity index is 1.47. The fraction of sp³-hybridized carbons (Fsp3) is 0.433. The molecule has 1 amide bonds. The molecule has 0 radical (unpaired) electrons. The van der Waals surface area contributed by atoms with Crippen LogP contribution in [0.5, 0.6) is 0 Å². The largest absolute Gasteiger partial charge is 0.514 e. The lowest BCUT2D eigenvalue weighted by Gasteiger charge is -2.40. The van der Waals surface area contributed by atoms with Crippen LogP contribution in [0.25, 0.3) is 0 Å². The summed E-state index contributed by atoms with van der Waals surface area (Å²) in [6.45, 7) is 9.52. The van der Waals surface area contributed by atoms with E-state index >= 15 is 0 Å². The fourth-order valence-corrected chi connectivity index (χ4v) is 4.52. The van der Waals surface area contributed by atoms with Gasteiger partial charge in [0, 0.05) is 12.4 Å². The normalized spacial score (nSPS) is 21.6. The highest BCUT2D eigenvalue weighted by Gasteiger charge is 2.48. The van der Waals surface area contributed by atoms with Gasteiger partial charge in [0.2, 0.25) is 0 Å². The topological polar surface area (TPSA) is 112 Å². The Morgan fingerprint density at radius 3 is 2.51 bits per heavy atom. The van der Waals surface area contributed by atoms with E-state index in [0.29, 0.717) is 11.3 Å². The van der Waals surface area contributed by atoms with Crippen LogP contribution in [0.4, 0.5) is 9.59 Å². The Morgan fingerprint density at radius 2 is 1.90 bits per heavy atom. The Labute approximate surface area is 229 Å². The van der Waals surface area contributed by atoms with Gasteiger partial charge in [0.1, 0.15) is 29.6 Å². The quantitative estimate of drug-likeness (QED) is 0.419. The monoisotopic (exact) mass is 533 g/mol. The summed E-state index contributed by atoms with van der Waals surface area (Å²) in [7, 11) is 0. The third kappa shape index (κ3) is 7.09. The van der Waals surface area contributed by atoms with Crippen molar-refractivity contribution in [1.82, 2.24) is 9.88 Å². The zero-order valence-corrected chi connectivity index (χ0v) is 23.0. The summed E-state index contributed by atoms with van der Waals surface area (Å²) < 4.78 is 24.7. The smallest absolute Gasteiger partial charge is 0.445 e. The van der Waals surface area contributed by atoms with Gasteiger partial charge >= 0.3 is 12.2 Å². The second-order valence-corrected chi connectivity index (χ2v) is 11.2. The molecule has 0 aliphatic heterocycles. The van der Waals surface area contributed by atoms with Crippen LogP contribution in [-0.2, 0) is 25.6 Å². The first-order valence-corrected chi connectivity index (χ1v) is 12.9. The minimum atomic E-state index is -0.873. The number of nitrogens with one attached hydrogen (secondary N) is 1. The second-order valence-electron chi connectivity index (χ2n) is 11.2. The van der Waals surface area contributed by atoms with Gasteiger partial charge in [-0.1, -0.05) is 30.3 Å². The first-order chi connectivity index (χ1) is 18.4. The van der Waals surface area contributed by atoms with Crippen molar-refractivity contribution in [2.24, 2.45) is 0 Å². The average Bonchev–Trinajstić information content (AvgIpc) is 3.48. The summed E-state index contributed by atoms with van der Waals surface area (Å²) in [4.78, 5) is 24.9. The molecule has 1 aromatic carbocycles. The number of ether oxygens (including phenoxy) is 4. The van der Waals surface area contributed by atoms with Gasteiger partial charge in [-0.05, 0) is 76.8 Å². The van der Waals surface area contributed by atoms with E-state index in [1.165, 1.54) is 0 Å². The zero-order chi connectivity index (χ0) is 28.3. The number of hydrogen-bond acceptors (Lipinski definition) is 7. The summed E-state index contributed by atoms with van der Waals surface area (Å²) in [5.74, 6) is 0.353. The van der Waals surface area contributed by atoms with Crippen molar-refractivity contribution in [1.29, 1.82) is 5.26 Å². The van der Waals surface area contributed by atoms with E-state index < -0.39 is 35.0 Å². The van der Waals surface area contributed by atoms with E-state index in [0.717, 1.165) is 24.0 Å². The van der Waals surface area contributed by atoms with Crippen LogP contribution in [0.15, 0.2) is 72.3 Å². The van der Waals surface area contributed by atoms with Crippen LogP contribution in [0.2, 0.25) is 0 Å². The minimum absolute atomic E-state index is 0.186. The van der Waals surface area contributed by atoms with Crippen LogP contribution in [0.3, 0.4) is 0 Å². The molecule has 2 aromatic rings. The van der Waals surface area contributed by atoms with Crippen molar-refractivity contribution in [3.63, 3.8) is 0 Å². The number of carbonyl (C=O) groups is 2. The predicted molar refractivity (Wildman–Crippen MR) is 143 cm³/mol. The first kappa shape index (κ1) is 28.0. The van der Waals surface area contributed by atoms with E-state index in [1.54, 1.807) is 45.3 Å². The Kier molecular flexibility index (Phi) is 7.89. The highest BCUT2D eigenvalue weighted by Crippen LogP contribution is 2.43. The summed E-state index contributed by atoms with van der Waals surface area (Å²) in [5.41, 5.74) is 0.0428. The number of nitriles is 1. The first-order valence-electron chi connectivity index (χ1n) is 12.9. The number of carbonyl (C=O) groups excluding carboxylic acids is 2. The Morgan fingerprint density at radius 1 is 1.18 bits per heavy atom. The molecule has 1 fully saturated rings. The zero-order valence-electron chi connectivity index (χ0n) is 23.0. The van der Waals surface area contributed by atoms with E-state index in [4.69, 9.17) is 18.9 Å². The van der Waals surface area contributed by atoms with E-state index in [1.807, 2.05) is 54.8 Å². The van der Waals surface area contributed by atoms with Crippen molar-refractivity contribution in [2.75, 3.05) is 6.61 Å². The van der Waals surface area contributed by atoms with E-state index in [9.17, 15) is 14.9 Å². The van der Waals surface area contributed by atoms with Gasteiger partial charge in [-0.15, -0.1) is 0 Å². The van der Waals surface area contributed by atoms with Gasteiger partial charge < -0.3 is 28.8 Å². The van der Waals surface area contributed by atoms with Gasteiger partial charge in [-0.2, -0.15) is 5.26 Å². The van der Waals surface area contributed by atoms with Crippen molar-refractivity contribution in [2.45, 2.75) is 76.9 Å². The molecule has 2 atom stereocenters. The van der Waals surface area contributed by atoms with Gasteiger partial charge in [-0.25, -0.2) is 9.59 Å². The number of aromatic nitrogens is 1. The number of hydrogen-bond donors (Lipinski definition) is 1. The van der Waals surface area contributed by atoms with Crippen LogP contribution in [-0.4, -0.2) is 40.2 Å². The molecular formula is C30H35N3O6. The lowest BCUT2D eigenvalue weighted by atomic mass is 9.85. The molecule has 39 heavy (non-hydrogen) atoms. The molecule has 9 nitrogen and oxygen atoms in total. The molecule has 2 aliphatic rings. The summed E-state index contributed by atoms with van der Waals surface area (Å²) in [5, 5.41) is 12.4. The number of nitrogens with zero attached hydrogens (tertiary/aromatic N) is 2. The molecule has 1 N–H and O–H groups in total. The van der Waals surface area contributed by atoms with Gasteiger partial charge in [0.15, 0.2) is 0 Å². The number of rotatable bonds is 8. The molecule has 2 unspecified atom stereocenters. The molecule has 9 heteroatoms. The van der Waals surface area contributed by atoms with Crippen LogP contribution in [0.1, 0.15) is 64.6 Å². The molecule has 1 heterocycles. The van der Waals surface area contributed by atoms with Gasteiger partial charge in [0.25, 0.3) is 0 Å². The average molecular weight is 534 g/mol. The Hall–Kier alpha value is -4.03. The number of amides is 1. The molecule has 0 spiro atoms. The molecule has 1 saturated carbocycles. The van der Waals surface area contributed by atoms with Crippen molar-refractivity contribution in [3.8, 4) is 6.07 Å². The van der Waals surface area contributed by atoms with E-state index in [-0.39, 0.29) is 13.2 Å². The molecule has 0 saturated heterocycles. The molecule has 2 aliphatic carbocycles. The predicted octanol–water partition coefficient (Wildman–Crippen LogP) is 5.93. The molecule has 1 aromatic heterocycles. The van der Waals surface area contributed by atoms with Crippen LogP contribution >= 0.6 is 0 Å². The lowest BCUT2D eigenvalue weighted by molar-refractivity contribution is -0.0403. The summed E-state index contributed by atoms with van der Waals surface area (Å²) >= 11 is 0. The van der Waals surface area contributed by atoms with Gasteiger partial charge in [0.05, 0.1) is 23.8 Å². The van der Waals surface area contributed by atoms with Crippen molar-refractivity contribution in [3.05, 3.63) is 83.4 Å². The summed E-state index contributed by atoms with van der Waals surface area (Å²) in [6.07, 6.45) is 7.30. The van der Waals surface area contributed by atoms with Crippen LogP contribution < -0.4 is 5.32 Å². The molecule has 4 rings (SSSR count). The highest BCUT2D eigenvalue weighted by atomic mass is 16.7. The van der Waals surface area contributed by atoms with E-state index in [2.05, 4.69) is 11.4 Å². The molecule has 0 bridgehead atoms. The fourth-order valence-electron chi connectivity index (χ4n) is 4.52. The maximum atomic E-state index is 12.5. The number of allylic oxidation sites excluding steroid dienone is 1. The minimum Gasteiger partial charge on any atom is -0.445 e.